The van der Waals surface area contributed by atoms with Crippen LogP contribution in [0.1, 0.15) is 48.2 Å². The fraction of sp³-hybridized carbons (Fsp3) is 0.481. The summed E-state index contributed by atoms with van der Waals surface area (Å²) in [4.78, 5) is 19.8. The average molecular weight is 544 g/mol. The molecule has 0 N–H and O–H groups in total. The fourth-order valence-corrected chi connectivity index (χ4v) is 7.66. The number of aryl methyl sites for hydroxylation is 2. The van der Waals surface area contributed by atoms with Crippen molar-refractivity contribution in [3.05, 3.63) is 53.1 Å². The highest BCUT2D eigenvalue weighted by Gasteiger charge is 2.32. The van der Waals surface area contributed by atoms with E-state index in [1.165, 1.54) is 22.0 Å². The molecule has 0 saturated carbocycles. The Morgan fingerprint density at radius 2 is 1.62 bits per heavy atom. The van der Waals surface area contributed by atoms with Gasteiger partial charge in [0, 0.05) is 44.6 Å². The Balaban J connectivity index is 1.19. The third-order valence-electron chi connectivity index (χ3n) is 7.04. The quantitative estimate of drug-likeness (QED) is 0.474. The molecule has 2 aliphatic rings. The summed E-state index contributed by atoms with van der Waals surface area (Å²) in [6.45, 7) is 9.68. The van der Waals surface area contributed by atoms with E-state index in [0.29, 0.717) is 36.9 Å². The van der Waals surface area contributed by atoms with Crippen molar-refractivity contribution >= 4 is 37.5 Å². The molecule has 2 aromatic carbocycles. The van der Waals surface area contributed by atoms with Gasteiger partial charge in [-0.15, -0.1) is 0 Å². The monoisotopic (exact) mass is 543 g/mol. The molecule has 37 heavy (non-hydrogen) atoms. The lowest BCUT2D eigenvalue weighted by molar-refractivity contribution is -0.0440. The third kappa shape index (κ3) is 5.38. The van der Waals surface area contributed by atoms with Gasteiger partial charge in [-0.2, -0.15) is 4.31 Å². The van der Waals surface area contributed by atoms with Crippen LogP contribution in [0.3, 0.4) is 0 Å². The Labute approximate surface area is 222 Å². The predicted octanol–water partition coefficient (Wildman–Crippen LogP) is 4.39. The molecule has 2 atom stereocenters. The minimum Gasteiger partial charge on any atom is -0.467 e. The van der Waals surface area contributed by atoms with Crippen molar-refractivity contribution in [2.75, 3.05) is 26.2 Å². The van der Waals surface area contributed by atoms with Crippen molar-refractivity contribution in [3.8, 4) is 5.19 Å². The number of hydrogen-bond acceptors (Lipinski definition) is 7. The number of nitrogens with zero attached hydrogens (tertiary/aromatic N) is 3. The molecule has 3 heterocycles. The van der Waals surface area contributed by atoms with Gasteiger partial charge in [0.2, 0.25) is 10.0 Å². The maximum atomic E-state index is 13.1. The zero-order valence-electron chi connectivity index (χ0n) is 21.6. The predicted molar refractivity (Wildman–Crippen MR) is 144 cm³/mol. The molecule has 2 fully saturated rings. The normalized spacial score (nSPS) is 21.9. The van der Waals surface area contributed by atoms with E-state index in [2.05, 4.69) is 26.0 Å². The van der Waals surface area contributed by atoms with E-state index < -0.39 is 10.0 Å². The zero-order valence-corrected chi connectivity index (χ0v) is 23.3. The highest BCUT2D eigenvalue weighted by Crippen LogP contribution is 2.34. The molecule has 1 amide bonds. The summed E-state index contributed by atoms with van der Waals surface area (Å²) >= 11 is 1.58. The van der Waals surface area contributed by atoms with E-state index >= 15 is 0 Å². The minimum absolute atomic E-state index is 0.0102. The molecule has 0 spiro atoms. The van der Waals surface area contributed by atoms with E-state index in [0.717, 1.165) is 28.6 Å². The summed E-state index contributed by atoms with van der Waals surface area (Å²) in [5.74, 6) is -0.0951. The summed E-state index contributed by atoms with van der Waals surface area (Å²) < 4.78 is 40.7. The Morgan fingerprint density at radius 3 is 2.24 bits per heavy atom. The van der Waals surface area contributed by atoms with Crippen LogP contribution in [-0.4, -0.2) is 73.0 Å². The number of hydrogen-bond donors (Lipinski definition) is 0. The molecule has 10 heteroatoms. The number of likely N-dealkylation sites (tertiary alicyclic amines) is 1. The van der Waals surface area contributed by atoms with Gasteiger partial charge in [0.05, 0.1) is 27.3 Å². The number of carbonyl (C=O) groups is 1. The number of sulfonamides is 1. The Morgan fingerprint density at radius 1 is 1.00 bits per heavy atom. The third-order valence-corrected chi connectivity index (χ3v) is 9.97. The molecule has 5 rings (SSSR count). The first-order valence-electron chi connectivity index (χ1n) is 12.7. The van der Waals surface area contributed by atoms with Crippen LogP contribution in [-0.2, 0) is 14.8 Å². The number of piperidine rings is 1. The van der Waals surface area contributed by atoms with Crippen LogP contribution in [0.15, 0.2) is 41.3 Å². The molecule has 3 aromatic rings. The molecular weight excluding hydrogens is 510 g/mol. The van der Waals surface area contributed by atoms with Crippen LogP contribution in [0, 0.1) is 13.8 Å². The minimum atomic E-state index is -3.64. The fourth-order valence-electron chi connectivity index (χ4n) is 5.04. The van der Waals surface area contributed by atoms with Gasteiger partial charge in [0.25, 0.3) is 11.1 Å². The van der Waals surface area contributed by atoms with Crippen molar-refractivity contribution < 1.29 is 22.7 Å². The van der Waals surface area contributed by atoms with Crippen LogP contribution in [0.2, 0.25) is 0 Å². The summed E-state index contributed by atoms with van der Waals surface area (Å²) in [6, 6.07) is 10.5. The van der Waals surface area contributed by atoms with Crippen LogP contribution in [0.5, 0.6) is 5.19 Å². The first-order valence-corrected chi connectivity index (χ1v) is 15.0. The second-order valence-electron chi connectivity index (χ2n) is 10.1. The number of amides is 1. The molecule has 0 aliphatic carbocycles. The number of morpholine rings is 1. The number of carbonyl (C=O) groups excluding carboxylic acids is 1. The first-order chi connectivity index (χ1) is 17.6. The topological polar surface area (TPSA) is 89.0 Å². The lowest BCUT2D eigenvalue weighted by Crippen LogP contribution is -2.48. The smallest absolute Gasteiger partial charge is 0.274 e. The van der Waals surface area contributed by atoms with Crippen molar-refractivity contribution in [2.24, 2.45) is 0 Å². The SMILES string of the molecule is Cc1ccc(C)c2sc(OC3CCN(C(=O)c4ccc(S(=O)(=O)N5CC(C)OC(C)C5)cc4)CC3)nc12. The van der Waals surface area contributed by atoms with Crippen molar-refractivity contribution in [1.82, 2.24) is 14.2 Å². The van der Waals surface area contributed by atoms with Gasteiger partial charge in [-0.1, -0.05) is 23.5 Å². The molecule has 2 saturated heterocycles. The molecule has 2 unspecified atom stereocenters. The highest BCUT2D eigenvalue weighted by atomic mass is 32.2. The van der Waals surface area contributed by atoms with E-state index in [1.54, 1.807) is 28.4 Å². The van der Waals surface area contributed by atoms with Crippen LogP contribution in [0.4, 0.5) is 0 Å². The number of fused-ring (bicyclic) bond motifs is 1. The zero-order chi connectivity index (χ0) is 26.3. The van der Waals surface area contributed by atoms with Gasteiger partial charge in [-0.25, -0.2) is 13.4 Å². The van der Waals surface area contributed by atoms with Gasteiger partial charge in [0.15, 0.2) is 0 Å². The molecule has 0 radical (unpaired) electrons. The summed E-state index contributed by atoms with van der Waals surface area (Å²) in [7, 11) is -3.64. The lowest BCUT2D eigenvalue weighted by atomic mass is 10.1. The standard InChI is InChI=1S/C27H33N3O5S2/c1-17-5-6-18(2)25-24(17)28-27(36-25)35-22-11-13-29(14-12-22)26(31)21-7-9-23(10-8-21)37(32,33)30-15-19(3)34-20(4)16-30/h5-10,19-20,22H,11-16H2,1-4H3. The van der Waals surface area contributed by atoms with E-state index in [4.69, 9.17) is 14.5 Å². The largest absolute Gasteiger partial charge is 0.467 e. The van der Waals surface area contributed by atoms with E-state index in [-0.39, 0.29) is 29.1 Å². The van der Waals surface area contributed by atoms with E-state index in [9.17, 15) is 13.2 Å². The van der Waals surface area contributed by atoms with Crippen molar-refractivity contribution in [1.29, 1.82) is 0 Å². The van der Waals surface area contributed by atoms with Gasteiger partial charge in [0.1, 0.15) is 6.10 Å². The van der Waals surface area contributed by atoms with Crippen LogP contribution >= 0.6 is 11.3 Å². The number of thiazole rings is 1. The molecule has 198 valence electrons. The number of aromatic nitrogens is 1. The molecular formula is C27H33N3O5S2. The maximum absolute atomic E-state index is 13.1. The Kier molecular flexibility index (Phi) is 7.28. The lowest BCUT2D eigenvalue weighted by Gasteiger charge is -2.34. The molecule has 8 nitrogen and oxygen atoms in total. The van der Waals surface area contributed by atoms with Crippen molar-refractivity contribution in [2.45, 2.75) is 63.7 Å². The maximum Gasteiger partial charge on any atom is 0.274 e. The summed E-state index contributed by atoms with van der Waals surface area (Å²) in [6.07, 6.45) is 1.14. The number of benzene rings is 2. The van der Waals surface area contributed by atoms with Gasteiger partial charge >= 0.3 is 0 Å². The molecule has 1 aromatic heterocycles. The Hall–Kier alpha value is -2.53. The van der Waals surface area contributed by atoms with Crippen LogP contribution in [0.25, 0.3) is 10.2 Å². The summed E-state index contributed by atoms with van der Waals surface area (Å²) in [5, 5.41) is 0.679. The number of rotatable bonds is 5. The Bertz CT molecular complexity index is 1350. The second kappa shape index (κ2) is 10.3. The first kappa shape index (κ1) is 26.1. The molecule has 0 bridgehead atoms. The van der Waals surface area contributed by atoms with Crippen molar-refractivity contribution in [3.63, 3.8) is 0 Å². The highest BCUT2D eigenvalue weighted by molar-refractivity contribution is 7.89. The molecule has 2 aliphatic heterocycles. The number of ether oxygens (including phenoxy) is 2. The average Bonchev–Trinajstić information content (AvgIpc) is 3.31. The van der Waals surface area contributed by atoms with Gasteiger partial charge in [-0.3, -0.25) is 4.79 Å². The van der Waals surface area contributed by atoms with Crippen LogP contribution < -0.4 is 4.74 Å². The second-order valence-corrected chi connectivity index (χ2v) is 13.0. The van der Waals surface area contributed by atoms with E-state index in [1.807, 2.05) is 13.8 Å². The summed E-state index contributed by atoms with van der Waals surface area (Å²) in [5.41, 5.74) is 3.82. The van der Waals surface area contributed by atoms with Gasteiger partial charge < -0.3 is 14.4 Å². The van der Waals surface area contributed by atoms with Gasteiger partial charge in [-0.05, 0) is 63.1 Å².